The molecule has 0 saturated heterocycles. The zero-order valence-corrected chi connectivity index (χ0v) is 11.7. The number of amides is 2. The van der Waals surface area contributed by atoms with Crippen molar-refractivity contribution < 1.29 is 19.5 Å². The van der Waals surface area contributed by atoms with Gasteiger partial charge in [0.1, 0.15) is 0 Å². The van der Waals surface area contributed by atoms with Gasteiger partial charge in [0.25, 0.3) is 0 Å². The average molecular weight is 302 g/mol. The maximum absolute atomic E-state index is 11.6. The number of aliphatic carboxylic acids is 1. The smallest absolute Gasteiger partial charge is 0.305 e. The van der Waals surface area contributed by atoms with Crippen LogP contribution in [0.25, 0.3) is 0 Å². The van der Waals surface area contributed by atoms with Crippen LogP contribution in [-0.2, 0) is 14.4 Å². The lowest BCUT2D eigenvalue weighted by Crippen LogP contribution is -2.44. The second-order valence-electron chi connectivity index (χ2n) is 4.26. The highest BCUT2D eigenvalue weighted by Crippen LogP contribution is 1.90. The van der Waals surface area contributed by atoms with E-state index in [4.69, 9.17) is 22.3 Å². The summed E-state index contributed by atoms with van der Waals surface area (Å²) in [6.45, 7) is 0.721. The lowest BCUT2D eigenvalue weighted by molar-refractivity contribution is -0.137. The number of carbonyl (C=O) groups is 3. The molecule has 10 nitrogen and oxygen atoms in total. The number of hydrogen-bond acceptors (Lipinski definition) is 5. The van der Waals surface area contributed by atoms with Gasteiger partial charge >= 0.3 is 5.97 Å². The minimum Gasteiger partial charge on any atom is -0.481 e. The van der Waals surface area contributed by atoms with E-state index >= 15 is 0 Å². The molecule has 0 bridgehead atoms. The largest absolute Gasteiger partial charge is 0.481 e. The summed E-state index contributed by atoms with van der Waals surface area (Å²) in [6.07, 6.45) is 0.151. The first-order valence-electron chi connectivity index (χ1n) is 6.40. The molecule has 0 aromatic heterocycles. The quantitative estimate of drug-likeness (QED) is 0.141. The Morgan fingerprint density at radius 2 is 1.81 bits per heavy atom. The molecule has 1 unspecified atom stereocenters. The highest BCUT2D eigenvalue weighted by molar-refractivity contribution is 5.88. The minimum absolute atomic E-state index is 0.00101. The first kappa shape index (κ1) is 18.6. The molecule has 0 fully saturated rings. The van der Waals surface area contributed by atoms with Crippen molar-refractivity contribution in [3.63, 3.8) is 0 Å². The number of aliphatic imine (C=N–C) groups is 1. The fraction of sp³-hybridized carbons (Fsp3) is 0.636. The highest BCUT2D eigenvalue weighted by Gasteiger charge is 2.16. The maximum atomic E-state index is 11.6. The molecular formula is C11H22N6O4. The van der Waals surface area contributed by atoms with E-state index in [9.17, 15) is 14.4 Å². The predicted molar refractivity (Wildman–Crippen MR) is 76.2 cm³/mol. The molecule has 0 aliphatic carbocycles. The van der Waals surface area contributed by atoms with E-state index in [0.29, 0.717) is 19.5 Å². The molecule has 0 radical (unpaired) electrons. The van der Waals surface area contributed by atoms with Crippen molar-refractivity contribution in [2.24, 2.45) is 22.2 Å². The van der Waals surface area contributed by atoms with E-state index in [2.05, 4.69) is 15.6 Å². The van der Waals surface area contributed by atoms with Crippen LogP contribution >= 0.6 is 0 Å². The van der Waals surface area contributed by atoms with Gasteiger partial charge in [-0.25, -0.2) is 0 Å². The molecule has 21 heavy (non-hydrogen) atoms. The van der Waals surface area contributed by atoms with Gasteiger partial charge in [-0.15, -0.1) is 0 Å². The van der Waals surface area contributed by atoms with E-state index in [-0.39, 0.29) is 25.3 Å². The van der Waals surface area contributed by atoms with Crippen molar-refractivity contribution in [3.05, 3.63) is 0 Å². The van der Waals surface area contributed by atoms with Gasteiger partial charge in [-0.2, -0.15) is 0 Å². The van der Waals surface area contributed by atoms with Crippen LogP contribution in [-0.4, -0.2) is 54.5 Å². The molecule has 2 amide bonds. The van der Waals surface area contributed by atoms with E-state index in [1.165, 1.54) is 0 Å². The van der Waals surface area contributed by atoms with Crippen LogP contribution in [0.5, 0.6) is 0 Å². The Balaban J connectivity index is 3.81. The zero-order valence-electron chi connectivity index (χ0n) is 11.7. The summed E-state index contributed by atoms with van der Waals surface area (Å²) >= 11 is 0. The number of nitrogens with zero attached hydrogens (tertiary/aromatic N) is 1. The fourth-order valence-electron chi connectivity index (χ4n) is 1.30. The summed E-state index contributed by atoms with van der Waals surface area (Å²) in [5.74, 6) is -1.97. The maximum Gasteiger partial charge on any atom is 0.305 e. The van der Waals surface area contributed by atoms with Gasteiger partial charge in [0.15, 0.2) is 5.96 Å². The van der Waals surface area contributed by atoms with Gasteiger partial charge in [-0.1, -0.05) is 0 Å². The van der Waals surface area contributed by atoms with Crippen LogP contribution < -0.4 is 27.8 Å². The third-order valence-corrected chi connectivity index (χ3v) is 2.33. The van der Waals surface area contributed by atoms with E-state index in [1.807, 2.05) is 0 Å². The number of hydrogen-bond donors (Lipinski definition) is 6. The molecule has 0 heterocycles. The Hall–Kier alpha value is -2.36. The van der Waals surface area contributed by atoms with Gasteiger partial charge in [0.05, 0.1) is 18.9 Å². The number of nitrogens with two attached hydrogens (primary N) is 3. The Morgan fingerprint density at radius 3 is 2.38 bits per heavy atom. The molecule has 0 saturated carbocycles. The van der Waals surface area contributed by atoms with Crippen molar-refractivity contribution in [1.82, 2.24) is 10.6 Å². The van der Waals surface area contributed by atoms with Crippen LogP contribution in [0.1, 0.15) is 19.3 Å². The predicted octanol–water partition coefficient (Wildman–Crippen LogP) is -2.93. The van der Waals surface area contributed by atoms with Gasteiger partial charge in [0.2, 0.25) is 11.8 Å². The summed E-state index contributed by atoms with van der Waals surface area (Å²) in [4.78, 5) is 36.9. The normalized spacial score (nSPS) is 11.3. The summed E-state index contributed by atoms with van der Waals surface area (Å²) in [6, 6.07) is -0.988. The fourth-order valence-corrected chi connectivity index (χ4v) is 1.30. The second kappa shape index (κ2) is 10.4. The topological polar surface area (TPSA) is 186 Å². The Bertz CT molecular complexity index is 394. The average Bonchev–Trinajstić information content (AvgIpc) is 2.37. The zero-order chi connectivity index (χ0) is 16.3. The first-order valence-corrected chi connectivity index (χ1v) is 6.40. The van der Waals surface area contributed by atoms with Crippen LogP contribution in [0, 0.1) is 0 Å². The van der Waals surface area contributed by atoms with Gasteiger partial charge in [-0.3, -0.25) is 19.4 Å². The minimum atomic E-state index is -1.02. The number of guanidine groups is 1. The van der Waals surface area contributed by atoms with Gasteiger partial charge in [0, 0.05) is 19.6 Å². The van der Waals surface area contributed by atoms with Crippen molar-refractivity contribution in [2.45, 2.75) is 25.3 Å². The number of nitrogens with one attached hydrogen (secondary N) is 2. The van der Waals surface area contributed by atoms with E-state index < -0.39 is 23.8 Å². The lowest BCUT2D eigenvalue weighted by Gasteiger charge is -2.11. The molecule has 0 spiro atoms. The van der Waals surface area contributed by atoms with Crippen molar-refractivity contribution >= 4 is 23.7 Å². The van der Waals surface area contributed by atoms with Crippen molar-refractivity contribution in [3.8, 4) is 0 Å². The highest BCUT2D eigenvalue weighted by atomic mass is 16.4. The molecule has 0 aromatic rings. The third-order valence-electron chi connectivity index (χ3n) is 2.33. The van der Waals surface area contributed by atoms with Gasteiger partial charge < -0.3 is 32.9 Å². The number of carbonyl (C=O) groups excluding carboxylic acids is 2. The summed E-state index contributed by atoms with van der Waals surface area (Å²) in [5, 5.41) is 13.3. The van der Waals surface area contributed by atoms with E-state index in [0.717, 1.165) is 0 Å². The van der Waals surface area contributed by atoms with Crippen molar-refractivity contribution in [1.29, 1.82) is 0 Å². The first-order chi connectivity index (χ1) is 9.82. The molecule has 120 valence electrons. The van der Waals surface area contributed by atoms with Crippen LogP contribution in [0.3, 0.4) is 0 Å². The van der Waals surface area contributed by atoms with Crippen molar-refractivity contribution in [2.75, 3.05) is 19.6 Å². The Kier molecular flexibility index (Phi) is 9.26. The molecule has 1 atom stereocenters. The SMILES string of the molecule is NC(N)=NCCCNC(=O)C(N)CC(=O)NCCC(=O)O. The monoisotopic (exact) mass is 302 g/mol. The Labute approximate surface area is 122 Å². The third kappa shape index (κ3) is 11.2. The lowest BCUT2D eigenvalue weighted by atomic mass is 10.2. The number of carboxylic acids is 1. The van der Waals surface area contributed by atoms with E-state index in [1.54, 1.807) is 0 Å². The summed E-state index contributed by atoms with van der Waals surface area (Å²) < 4.78 is 0. The summed E-state index contributed by atoms with van der Waals surface area (Å²) in [5.41, 5.74) is 15.8. The van der Waals surface area contributed by atoms with Crippen LogP contribution in [0.15, 0.2) is 4.99 Å². The molecule has 0 aromatic carbocycles. The molecule has 0 aliphatic rings. The number of carboxylic acid groups (broad SMARTS) is 1. The molecule has 0 aliphatic heterocycles. The summed E-state index contributed by atoms with van der Waals surface area (Å²) in [7, 11) is 0. The molecule has 0 rings (SSSR count). The van der Waals surface area contributed by atoms with Crippen LogP contribution in [0.4, 0.5) is 0 Å². The second-order valence-corrected chi connectivity index (χ2v) is 4.26. The molecular weight excluding hydrogens is 280 g/mol. The molecule has 10 heteroatoms. The Morgan fingerprint density at radius 1 is 1.14 bits per heavy atom. The van der Waals surface area contributed by atoms with Gasteiger partial charge in [-0.05, 0) is 6.42 Å². The molecule has 9 N–H and O–H groups in total. The van der Waals surface area contributed by atoms with Crippen LogP contribution in [0.2, 0.25) is 0 Å². The standard InChI is InChI=1S/C11H22N6O4/c12-7(6-8(18)15-5-2-9(19)20)10(21)16-3-1-4-17-11(13)14/h7H,1-6,12H2,(H,15,18)(H,16,21)(H,19,20)(H4,13,14,17). The number of rotatable bonds is 10.